The topological polar surface area (TPSA) is 133 Å². The highest BCUT2D eigenvalue weighted by molar-refractivity contribution is 6.12. The Morgan fingerprint density at radius 1 is 1.05 bits per heavy atom. The van der Waals surface area contributed by atoms with Gasteiger partial charge < -0.3 is 34.3 Å². The number of hydrogen-bond acceptors (Lipinski definition) is 11. The van der Waals surface area contributed by atoms with Crippen molar-refractivity contribution in [3.8, 4) is 17.4 Å². The third kappa shape index (κ3) is 3.95. The van der Waals surface area contributed by atoms with E-state index in [1.54, 1.807) is 0 Å². The smallest absolute Gasteiger partial charge is 0.480 e. The fourth-order valence-electron chi connectivity index (χ4n) is 5.88. The number of ether oxygens (including phenoxy) is 5. The van der Waals surface area contributed by atoms with Crippen LogP contribution in [0.1, 0.15) is 40.0 Å². The van der Waals surface area contributed by atoms with E-state index in [2.05, 4.69) is 35.0 Å². The minimum Gasteiger partial charge on any atom is -0.480 e. The van der Waals surface area contributed by atoms with Crippen LogP contribution in [0.15, 0.2) is 18.5 Å². The SMILES string of the molecule is COC(=O)c1cc2c(cc1NC(=O)c1c(NC34CC(N5CCOCC5)(C3)C4)ncnc1OC)OC(F)(F)O2. The number of aromatic nitrogens is 2. The van der Waals surface area contributed by atoms with Crippen LogP contribution in [0.3, 0.4) is 0 Å². The molecule has 1 aromatic carbocycles. The number of halogens is 2. The molecule has 202 valence electrons. The molecule has 1 aromatic heterocycles. The molecule has 4 fully saturated rings. The summed E-state index contributed by atoms with van der Waals surface area (Å²) in [5, 5.41) is 5.98. The first-order valence-corrected chi connectivity index (χ1v) is 12.0. The molecule has 2 bridgehead atoms. The summed E-state index contributed by atoms with van der Waals surface area (Å²) < 4.78 is 51.7. The van der Waals surface area contributed by atoms with Gasteiger partial charge in [0, 0.05) is 36.3 Å². The van der Waals surface area contributed by atoms with Gasteiger partial charge in [-0.05, 0) is 19.3 Å². The number of fused-ring (bicyclic) bond motifs is 1. The predicted molar refractivity (Wildman–Crippen MR) is 126 cm³/mol. The van der Waals surface area contributed by atoms with E-state index in [1.807, 2.05) is 0 Å². The number of carbonyl (C=O) groups is 2. The van der Waals surface area contributed by atoms with Gasteiger partial charge >= 0.3 is 12.3 Å². The third-order valence-electron chi connectivity index (χ3n) is 7.50. The first-order valence-electron chi connectivity index (χ1n) is 12.0. The lowest BCUT2D eigenvalue weighted by Crippen LogP contribution is -2.82. The summed E-state index contributed by atoms with van der Waals surface area (Å²) in [6.45, 7) is 3.24. The number of rotatable bonds is 7. The van der Waals surface area contributed by atoms with Crippen molar-refractivity contribution in [1.82, 2.24) is 14.9 Å². The van der Waals surface area contributed by atoms with Crippen molar-refractivity contribution in [2.75, 3.05) is 51.2 Å². The van der Waals surface area contributed by atoms with E-state index < -0.39 is 18.2 Å². The summed E-state index contributed by atoms with van der Waals surface area (Å²) in [7, 11) is 2.48. The van der Waals surface area contributed by atoms with E-state index in [0.717, 1.165) is 64.8 Å². The molecule has 0 atom stereocenters. The maximum atomic E-state index is 13.6. The first kappa shape index (κ1) is 24.6. The van der Waals surface area contributed by atoms with Gasteiger partial charge in [0.25, 0.3) is 5.91 Å². The van der Waals surface area contributed by atoms with E-state index in [-0.39, 0.29) is 51.1 Å². The van der Waals surface area contributed by atoms with Crippen LogP contribution in [0.5, 0.6) is 17.4 Å². The molecular formula is C24H25F2N5O7. The zero-order valence-corrected chi connectivity index (χ0v) is 20.6. The normalized spacial score (nSPS) is 26.5. The minimum absolute atomic E-state index is 0.000963. The van der Waals surface area contributed by atoms with Gasteiger partial charge in [-0.2, -0.15) is 0 Å². The van der Waals surface area contributed by atoms with Crippen LogP contribution in [0, 0.1) is 0 Å². The summed E-state index contributed by atoms with van der Waals surface area (Å²) in [5.41, 5.74) is -0.415. The fourth-order valence-corrected chi connectivity index (χ4v) is 5.88. The molecule has 2 N–H and O–H groups in total. The molecule has 1 amide bonds. The van der Waals surface area contributed by atoms with Crippen molar-refractivity contribution in [3.05, 3.63) is 29.6 Å². The fraction of sp³-hybridized carbons (Fsp3) is 0.500. The predicted octanol–water partition coefficient (Wildman–Crippen LogP) is 2.26. The van der Waals surface area contributed by atoms with E-state index in [4.69, 9.17) is 14.2 Å². The first-order chi connectivity index (χ1) is 18.2. The Morgan fingerprint density at radius 3 is 2.39 bits per heavy atom. The molecule has 1 saturated heterocycles. The average Bonchev–Trinajstić information content (AvgIpc) is 3.17. The van der Waals surface area contributed by atoms with Crippen LogP contribution in [0.25, 0.3) is 0 Å². The lowest BCUT2D eigenvalue weighted by molar-refractivity contribution is -0.286. The van der Waals surface area contributed by atoms with Crippen LogP contribution in [-0.2, 0) is 9.47 Å². The number of carbonyl (C=O) groups excluding carboxylic acids is 2. The molecular weight excluding hydrogens is 508 g/mol. The molecule has 7 rings (SSSR count). The quantitative estimate of drug-likeness (QED) is 0.508. The van der Waals surface area contributed by atoms with E-state index >= 15 is 0 Å². The number of alkyl halides is 2. The van der Waals surface area contributed by atoms with Gasteiger partial charge in [-0.1, -0.05) is 0 Å². The van der Waals surface area contributed by atoms with Crippen molar-refractivity contribution in [2.24, 2.45) is 0 Å². The van der Waals surface area contributed by atoms with Crippen LogP contribution in [0.2, 0.25) is 0 Å². The summed E-state index contributed by atoms with van der Waals surface area (Å²) >= 11 is 0. The van der Waals surface area contributed by atoms with Crippen LogP contribution < -0.4 is 24.8 Å². The number of amides is 1. The standard InChI is InChI=1S/C24H25F2N5O7/c1-34-20-17(18(27-12-28-20)30-22-9-23(10-22,11-22)31-3-5-36-6-4-31)19(32)29-14-8-16-15(37-24(25,26)38-16)7-13(14)21(33)35-2/h7-8,12H,3-6,9-11H2,1-2H3,(H,29,32)(H,27,28,30). The van der Waals surface area contributed by atoms with E-state index in [9.17, 15) is 18.4 Å². The molecule has 2 aromatic rings. The maximum Gasteiger partial charge on any atom is 0.586 e. The highest BCUT2D eigenvalue weighted by Crippen LogP contribution is 2.65. The molecule has 3 saturated carbocycles. The molecule has 38 heavy (non-hydrogen) atoms. The summed E-state index contributed by atoms with van der Waals surface area (Å²) in [6, 6.07) is 2.08. The number of hydrogen-bond donors (Lipinski definition) is 2. The number of methoxy groups -OCH3 is 2. The highest BCUT2D eigenvalue weighted by Gasteiger charge is 2.70. The third-order valence-corrected chi connectivity index (χ3v) is 7.50. The maximum absolute atomic E-state index is 13.6. The van der Waals surface area contributed by atoms with Crippen molar-refractivity contribution in [3.63, 3.8) is 0 Å². The monoisotopic (exact) mass is 533 g/mol. The largest absolute Gasteiger partial charge is 0.586 e. The van der Waals surface area contributed by atoms with Gasteiger partial charge in [-0.3, -0.25) is 9.69 Å². The molecule has 0 radical (unpaired) electrons. The van der Waals surface area contributed by atoms with Crippen molar-refractivity contribution >= 4 is 23.4 Å². The Labute approximate surface area is 215 Å². The van der Waals surface area contributed by atoms with Gasteiger partial charge in [0.2, 0.25) is 5.88 Å². The lowest BCUT2D eigenvalue weighted by Gasteiger charge is -2.74. The van der Waals surface area contributed by atoms with E-state index in [0.29, 0.717) is 0 Å². The molecule has 3 aliphatic carbocycles. The Hall–Kier alpha value is -3.78. The van der Waals surface area contributed by atoms with Crippen LogP contribution in [-0.4, -0.2) is 84.6 Å². The number of nitrogens with one attached hydrogen (secondary N) is 2. The second-order valence-electron chi connectivity index (χ2n) is 9.82. The second kappa shape index (κ2) is 8.63. The summed E-state index contributed by atoms with van der Waals surface area (Å²) in [4.78, 5) is 36.7. The van der Waals surface area contributed by atoms with Crippen molar-refractivity contribution < 1.29 is 42.1 Å². The number of nitrogens with zero attached hydrogens (tertiary/aromatic N) is 3. The zero-order chi connectivity index (χ0) is 26.7. The average molecular weight is 533 g/mol. The highest BCUT2D eigenvalue weighted by atomic mass is 19.3. The van der Waals surface area contributed by atoms with Gasteiger partial charge in [0.1, 0.15) is 17.7 Å². The number of benzene rings is 1. The Kier molecular flexibility index (Phi) is 5.57. The molecule has 0 unspecified atom stereocenters. The number of morpholine rings is 1. The molecule has 12 nitrogen and oxygen atoms in total. The van der Waals surface area contributed by atoms with Gasteiger partial charge in [0.05, 0.1) is 38.7 Å². The Morgan fingerprint density at radius 2 is 1.74 bits per heavy atom. The molecule has 14 heteroatoms. The number of esters is 1. The molecule has 3 heterocycles. The lowest BCUT2D eigenvalue weighted by atomic mass is 9.43. The second-order valence-corrected chi connectivity index (χ2v) is 9.82. The van der Waals surface area contributed by atoms with Crippen molar-refractivity contribution in [1.29, 1.82) is 0 Å². The van der Waals surface area contributed by atoms with Crippen LogP contribution >= 0.6 is 0 Å². The van der Waals surface area contributed by atoms with Gasteiger partial charge in [-0.15, -0.1) is 8.78 Å². The van der Waals surface area contributed by atoms with Crippen molar-refractivity contribution in [2.45, 2.75) is 36.6 Å². The molecule has 5 aliphatic rings. The Balaban J connectivity index is 1.26. The molecule has 0 spiro atoms. The van der Waals surface area contributed by atoms with Crippen LogP contribution in [0.4, 0.5) is 20.3 Å². The minimum atomic E-state index is -3.91. The zero-order valence-electron chi connectivity index (χ0n) is 20.6. The van der Waals surface area contributed by atoms with E-state index in [1.165, 1.54) is 13.4 Å². The van der Waals surface area contributed by atoms with Gasteiger partial charge in [-0.25, -0.2) is 14.8 Å². The van der Waals surface area contributed by atoms with Gasteiger partial charge in [0.15, 0.2) is 11.5 Å². The summed E-state index contributed by atoms with van der Waals surface area (Å²) in [5.74, 6) is -2.06. The number of anilines is 2. The Bertz CT molecular complexity index is 1300. The molecule has 2 aliphatic heterocycles. The summed E-state index contributed by atoms with van der Waals surface area (Å²) in [6.07, 6.45) is 0.0691.